The van der Waals surface area contributed by atoms with E-state index in [1.807, 2.05) is 30.0 Å². The van der Waals surface area contributed by atoms with E-state index >= 15 is 0 Å². The van der Waals surface area contributed by atoms with Gasteiger partial charge < -0.3 is 19.7 Å². The molecule has 0 spiro atoms. The van der Waals surface area contributed by atoms with Crippen molar-refractivity contribution in [1.82, 2.24) is 10.2 Å². The van der Waals surface area contributed by atoms with Crippen LogP contribution in [0.3, 0.4) is 0 Å². The van der Waals surface area contributed by atoms with Gasteiger partial charge in [0.2, 0.25) is 0 Å². The van der Waals surface area contributed by atoms with Gasteiger partial charge in [0.05, 0.1) is 20.3 Å². The van der Waals surface area contributed by atoms with Gasteiger partial charge in [0.25, 0.3) is 0 Å². The summed E-state index contributed by atoms with van der Waals surface area (Å²) in [7, 11) is 3.23. The molecule has 5 heteroatoms. The Labute approximate surface area is 131 Å². The zero-order chi connectivity index (χ0) is 16.1. The molecule has 0 saturated heterocycles. The van der Waals surface area contributed by atoms with Gasteiger partial charge in [0.1, 0.15) is 11.5 Å². The zero-order valence-electron chi connectivity index (χ0n) is 13.7. The van der Waals surface area contributed by atoms with Crippen LogP contribution in [0, 0.1) is 0 Å². The predicted molar refractivity (Wildman–Crippen MR) is 86.4 cm³/mol. The number of carbonyl (C=O) groups is 1. The summed E-state index contributed by atoms with van der Waals surface area (Å²) in [5.41, 5.74) is 2.16. The summed E-state index contributed by atoms with van der Waals surface area (Å²) in [5.74, 6) is 1.44. The summed E-state index contributed by atoms with van der Waals surface area (Å²) in [6.07, 6.45) is 3.10. The number of rotatable bonds is 4. The molecule has 0 bridgehead atoms. The fourth-order valence-electron chi connectivity index (χ4n) is 2.62. The molecule has 22 heavy (non-hydrogen) atoms. The van der Waals surface area contributed by atoms with E-state index in [1.165, 1.54) is 5.57 Å². The molecule has 0 saturated carbocycles. The van der Waals surface area contributed by atoms with E-state index in [1.54, 1.807) is 14.2 Å². The fraction of sp³-hybridized carbons (Fsp3) is 0.471. The Morgan fingerprint density at radius 2 is 2.09 bits per heavy atom. The van der Waals surface area contributed by atoms with Crippen LogP contribution in [-0.4, -0.2) is 38.2 Å². The molecule has 0 radical (unpaired) electrons. The molecular weight excluding hydrogens is 280 g/mol. The summed E-state index contributed by atoms with van der Waals surface area (Å²) in [6.45, 7) is 5.46. The van der Waals surface area contributed by atoms with Crippen LogP contribution in [0.4, 0.5) is 4.79 Å². The molecule has 0 aliphatic carbocycles. The number of carbonyl (C=O) groups excluding carboxylic acids is 1. The summed E-state index contributed by atoms with van der Waals surface area (Å²) in [6, 6.07) is 5.43. The van der Waals surface area contributed by atoms with Gasteiger partial charge in [-0.3, -0.25) is 0 Å². The van der Waals surface area contributed by atoms with Crippen LogP contribution in [0.5, 0.6) is 11.5 Å². The molecule has 0 unspecified atom stereocenters. The second kappa shape index (κ2) is 7.20. The van der Waals surface area contributed by atoms with Crippen LogP contribution in [0.15, 0.2) is 29.8 Å². The number of ether oxygens (including phenoxy) is 2. The minimum Gasteiger partial charge on any atom is -0.497 e. The van der Waals surface area contributed by atoms with Gasteiger partial charge in [-0.15, -0.1) is 0 Å². The summed E-state index contributed by atoms with van der Waals surface area (Å²) in [4.78, 5) is 14.2. The molecule has 1 N–H and O–H groups in total. The van der Waals surface area contributed by atoms with Crippen molar-refractivity contribution in [1.29, 1.82) is 0 Å². The molecule has 1 aliphatic heterocycles. The molecule has 2 amide bonds. The molecule has 120 valence electrons. The van der Waals surface area contributed by atoms with Crippen LogP contribution in [0.2, 0.25) is 0 Å². The van der Waals surface area contributed by atoms with E-state index in [4.69, 9.17) is 9.47 Å². The molecule has 1 atom stereocenters. The van der Waals surface area contributed by atoms with Crippen molar-refractivity contribution in [3.05, 3.63) is 35.4 Å². The molecule has 0 fully saturated rings. The quantitative estimate of drug-likeness (QED) is 0.870. The molecule has 1 heterocycles. The summed E-state index contributed by atoms with van der Waals surface area (Å²) >= 11 is 0. The van der Waals surface area contributed by atoms with Gasteiger partial charge in [-0.1, -0.05) is 11.6 Å². The smallest absolute Gasteiger partial charge is 0.318 e. The fourth-order valence-corrected chi connectivity index (χ4v) is 2.62. The first-order valence-electron chi connectivity index (χ1n) is 7.48. The first-order valence-corrected chi connectivity index (χ1v) is 7.48. The average Bonchev–Trinajstić information content (AvgIpc) is 2.54. The maximum absolute atomic E-state index is 12.4. The number of urea groups is 1. The van der Waals surface area contributed by atoms with Gasteiger partial charge >= 0.3 is 6.03 Å². The number of methoxy groups -OCH3 is 2. The highest BCUT2D eigenvalue weighted by Crippen LogP contribution is 2.29. The largest absolute Gasteiger partial charge is 0.497 e. The maximum Gasteiger partial charge on any atom is 0.318 e. The molecule has 1 aromatic rings. The number of hydrogen-bond acceptors (Lipinski definition) is 3. The first-order chi connectivity index (χ1) is 10.5. The second-order valence-electron chi connectivity index (χ2n) is 5.54. The molecule has 5 nitrogen and oxygen atoms in total. The van der Waals surface area contributed by atoms with Crippen LogP contribution in [0.25, 0.3) is 0 Å². The van der Waals surface area contributed by atoms with Crippen LogP contribution in [-0.2, 0) is 0 Å². The first kappa shape index (κ1) is 16.2. The van der Waals surface area contributed by atoms with Crippen molar-refractivity contribution in [3.8, 4) is 11.5 Å². The Hall–Kier alpha value is -2.17. The third-order valence-electron chi connectivity index (χ3n) is 3.87. The Bertz CT molecular complexity index is 569. The van der Waals surface area contributed by atoms with E-state index in [0.717, 1.165) is 24.3 Å². The van der Waals surface area contributed by atoms with Crippen molar-refractivity contribution in [2.45, 2.75) is 26.3 Å². The standard InChI is InChI=1S/C17H24N2O3/c1-12-6-5-9-19(11-12)17(20)18-13(2)15-8-7-14(21-3)10-16(15)22-4/h6-8,10,13H,5,9,11H2,1-4H3,(H,18,20)/t13-/m1/s1. The lowest BCUT2D eigenvalue weighted by atomic mass is 10.1. The van der Waals surface area contributed by atoms with Gasteiger partial charge in [-0.2, -0.15) is 0 Å². The highest BCUT2D eigenvalue weighted by molar-refractivity contribution is 5.75. The van der Waals surface area contributed by atoms with Crippen molar-refractivity contribution in [3.63, 3.8) is 0 Å². The summed E-state index contributed by atoms with van der Waals surface area (Å²) < 4.78 is 10.6. The zero-order valence-corrected chi connectivity index (χ0v) is 13.7. The second-order valence-corrected chi connectivity index (χ2v) is 5.54. The lowest BCUT2D eigenvalue weighted by Gasteiger charge is -2.28. The molecule has 1 aliphatic rings. The van der Waals surface area contributed by atoms with Crippen molar-refractivity contribution in [2.24, 2.45) is 0 Å². The summed E-state index contributed by atoms with van der Waals surface area (Å²) in [5, 5.41) is 3.04. The third kappa shape index (κ3) is 3.72. The Morgan fingerprint density at radius 1 is 1.32 bits per heavy atom. The van der Waals surface area contributed by atoms with Gasteiger partial charge in [0.15, 0.2) is 0 Å². The highest BCUT2D eigenvalue weighted by Gasteiger charge is 2.20. The molecule has 2 rings (SSSR count). The lowest BCUT2D eigenvalue weighted by Crippen LogP contribution is -2.43. The van der Waals surface area contributed by atoms with Crippen LogP contribution >= 0.6 is 0 Å². The number of benzene rings is 1. The van der Waals surface area contributed by atoms with E-state index < -0.39 is 0 Å². The third-order valence-corrected chi connectivity index (χ3v) is 3.87. The number of hydrogen-bond donors (Lipinski definition) is 1. The van der Waals surface area contributed by atoms with Crippen molar-refractivity contribution < 1.29 is 14.3 Å². The van der Waals surface area contributed by atoms with Crippen molar-refractivity contribution in [2.75, 3.05) is 27.3 Å². The monoisotopic (exact) mass is 304 g/mol. The van der Waals surface area contributed by atoms with Crippen LogP contribution < -0.4 is 14.8 Å². The Kier molecular flexibility index (Phi) is 5.31. The molecular formula is C17H24N2O3. The van der Waals surface area contributed by atoms with Crippen molar-refractivity contribution >= 4 is 6.03 Å². The van der Waals surface area contributed by atoms with Crippen LogP contribution in [0.1, 0.15) is 31.9 Å². The topological polar surface area (TPSA) is 50.8 Å². The van der Waals surface area contributed by atoms with E-state index in [-0.39, 0.29) is 12.1 Å². The maximum atomic E-state index is 12.4. The average molecular weight is 304 g/mol. The minimum atomic E-state index is -0.139. The predicted octanol–water partition coefficient (Wildman–Crippen LogP) is 3.13. The Morgan fingerprint density at radius 3 is 2.73 bits per heavy atom. The lowest BCUT2D eigenvalue weighted by molar-refractivity contribution is 0.197. The molecule has 1 aromatic carbocycles. The van der Waals surface area contributed by atoms with E-state index in [2.05, 4.69) is 18.3 Å². The van der Waals surface area contributed by atoms with Gasteiger partial charge in [0, 0.05) is 24.7 Å². The van der Waals surface area contributed by atoms with Gasteiger partial charge in [-0.05, 0) is 32.4 Å². The van der Waals surface area contributed by atoms with E-state index in [9.17, 15) is 4.79 Å². The SMILES string of the molecule is COc1ccc([C@@H](C)NC(=O)N2CCC=C(C)C2)c(OC)c1. The molecule has 0 aromatic heterocycles. The Balaban J connectivity index is 2.07. The minimum absolute atomic E-state index is 0.0437. The number of nitrogens with one attached hydrogen (secondary N) is 1. The normalized spacial score (nSPS) is 15.8. The van der Waals surface area contributed by atoms with E-state index in [0.29, 0.717) is 12.3 Å². The highest BCUT2D eigenvalue weighted by atomic mass is 16.5. The van der Waals surface area contributed by atoms with Gasteiger partial charge in [-0.25, -0.2) is 4.79 Å². The number of amides is 2. The number of nitrogens with zero attached hydrogens (tertiary/aromatic N) is 1.